The standard InChI is InChI=1S/C64H98N6O15/c1-12-43(6)60(52(81-10)38-56(76)68-32-19-23-49(68)61(82-11)44(7)51(72)40-64(63(80)69-33-16-17-36-83-69)39-48(64)45-21-14-13-15-22-45)66(9)62(79)47(41(2)3)37-50(71)59(42(4)5)65(8)31-20-26-57(77)84-46-29-34-67(35-30-46)53(73)24-18-25-58(78)85-70-54(74)27-28-55(70)75/h13-15,21-22,41-44,46-49,52,59-61H,12,16-20,23-40H2,1-11H3/t43-,44-,47-,48+,49-,52+,59-,60-,61+,64-/m0/s1. The molecular formula is C64H98N6O15. The third kappa shape index (κ3) is 17.5. The van der Waals surface area contributed by atoms with E-state index in [0.29, 0.717) is 89.3 Å². The van der Waals surface area contributed by atoms with Crippen LogP contribution in [0.5, 0.6) is 0 Å². The Morgan fingerprint density at radius 3 is 2.01 bits per heavy atom. The maximum Gasteiger partial charge on any atom is 0.333 e. The van der Waals surface area contributed by atoms with Crippen LogP contribution in [0.3, 0.4) is 0 Å². The lowest BCUT2D eigenvalue weighted by Gasteiger charge is -2.41. The van der Waals surface area contributed by atoms with Gasteiger partial charge in [-0.15, -0.1) is 5.06 Å². The number of ether oxygens (including phenoxy) is 3. The first-order chi connectivity index (χ1) is 40.5. The summed E-state index contributed by atoms with van der Waals surface area (Å²) in [6.07, 6.45) is 4.27. The van der Waals surface area contributed by atoms with Crippen LogP contribution in [0.15, 0.2) is 30.3 Å². The zero-order valence-electron chi connectivity index (χ0n) is 52.6. The molecule has 0 bridgehead atoms. The number of piperidine rings is 1. The molecule has 0 radical (unpaired) electrons. The molecular weight excluding hydrogens is 1090 g/mol. The molecule has 21 nitrogen and oxygen atoms in total. The predicted octanol–water partition coefficient (Wildman–Crippen LogP) is 6.87. The van der Waals surface area contributed by atoms with Gasteiger partial charge in [0.2, 0.25) is 17.7 Å². The quantitative estimate of drug-likeness (QED) is 0.0528. The third-order valence-corrected chi connectivity index (χ3v) is 18.7. The maximum atomic E-state index is 14.9. The van der Waals surface area contributed by atoms with E-state index in [1.54, 1.807) is 31.1 Å². The van der Waals surface area contributed by atoms with Crippen molar-refractivity contribution in [2.75, 3.05) is 67.6 Å². The number of esters is 1. The van der Waals surface area contributed by atoms with Gasteiger partial charge in [0.1, 0.15) is 11.9 Å². The number of hydrogen-bond acceptors (Lipinski definition) is 16. The van der Waals surface area contributed by atoms with E-state index in [1.165, 1.54) is 5.06 Å². The maximum absolute atomic E-state index is 14.9. The van der Waals surface area contributed by atoms with Gasteiger partial charge in [-0.05, 0) is 87.8 Å². The smallest absolute Gasteiger partial charge is 0.333 e. The molecule has 4 heterocycles. The van der Waals surface area contributed by atoms with Gasteiger partial charge in [0.05, 0.1) is 48.8 Å². The number of likely N-dealkylation sites (N-methyl/N-ethyl adjacent to an activating group) is 2. The summed E-state index contributed by atoms with van der Waals surface area (Å²) < 4.78 is 18.1. The van der Waals surface area contributed by atoms with Gasteiger partial charge in [0, 0.05) is 117 Å². The van der Waals surface area contributed by atoms with Gasteiger partial charge in [-0.2, -0.15) is 0 Å². The van der Waals surface area contributed by atoms with Crippen molar-refractivity contribution in [1.29, 1.82) is 0 Å². The Morgan fingerprint density at radius 1 is 0.741 bits per heavy atom. The Kier molecular flexibility index (Phi) is 25.6. The summed E-state index contributed by atoms with van der Waals surface area (Å²) in [5.41, 5.74) is 0.0947. The lowest BCUT2D eigenvalue weighted by atomic mass is 9.83. The molecule has 0 N–H and O–H groups in total. The number of rotatable bonds is 32. The lowest BCUT2D eigenvalue weighted by molar-refractivity contribution is -0.203. The number of nitrogens with zero attached hydrogens (tertiary/aromatic N) is 6. The first kappa shape index (κ1) is 68.5. The summed E-state index contributed by atoms with van der Waals surface area (Å²) in [7, 11) is 6.73. The van der Waals surface area contributed by atoms with Crippen molar-refractivity contribution in [2.45, 2.75) is 206 Å². The molecule has 6 rings (SSSR count). The molecule has 6 amide bonds. The molecule has 5 aliphatic rings. The number of ketones is 2. The number of methoxy groups -OCH3 is 2. The summed E-state index contributed by atoms with van der Waals surface area (Å²) in [5.74, 6) is -4.91. The van der Waals surface area contributed by atoms with Crippen molar-refractivity contribution in [3.8, 4) is 0 Å². The average Bonchev–Trinajstić information content (AvgIpc) is 1.97. The van der Waals surface area contributed by atoms with Gasteiger partial charge in [-0.3, -0.25) is 52.9 Å². The van der Waals surface area contributed by atoms with E-state index in [9.17, 15) is 47.9 Å². The molecule has 4 saturated heterocycles. The average molecular weight is 1190 g/mol. The fraction of sp³-hybridized carbons (Fsp3) is 0.750. The van der Waals surface area contributed by atoms with Gasteiger partial charge in [0.25, 0.3) is 17.7 Å². The minimum absolute atomic E-state index is 0.000177. The Balaban J connectivity index is 0.996. The summed E-state index contributed by atoms with van der Waals surface area (Å²) >= 11 is 0. The minimum atomic E-state index is -0.922. The number of carbonyl (C=O) groups excluding carboxylic acids is 10. The second kappa shape index (κ2) is 31.8. The highest BCUT2D eigenvalue weighted by atomic mass is 16.7. The summed E-state index contributed by atoms with van der Waals surface area (Å²) in [4.78, 5) is 152. The van der Waals surface area contributed by atoms with Gasteiger partial charge in [-0.25, -0.2) is 9.86 Å². The van der Waals surface area contributed by atoms with E-state index in [1.807, 2.05) is 95.6 Å². The molecule has 0 unspecified atom stereocenters. The molecule has 85 heavy (non-hydrogen) atoms. The first-order valence-electron chi connectivity index (χ1n) is 31.4. The Hall–Kier alpha value is -5.64. The van der Waals surface area contributed by atoms with Crippen LogP contribution in [0.2, 0.25) is 0 Å². The van der Waals surface area contributed by atoms with Crippen LogP contribution >= 0.6 is 0 Å². The van der Waals surface area contributed by atoms with Crippen LogP contribution in [-0.2, 0) is 71.8 Å². The highest BCUT2D eigenvalue weighted by Crippen LogP contribution is 2.63. The molecule has 0 aromatic heterocycles. The van der Waals surface area contributed by atoms with Crippen LogP contribution in [0.4, 0.5) is 0 Å². The number of benzene rings is 1. The molecule has 21 heteroatoms. The number of hydroxylamine groups is 4. The van der Waals surface area contributed by atoms with Crippen molar-refractivity contribution in [3.63, 3.8) is 0 Å². The molecule has 0 spiro atoms. The molecule has 10 atom stereocenters. The Bertz CT molecular complexity index is 2460. The van der Waals surface area contributed by atoms with Gasteiger partial charge < -0.3 is 33.7 Å². The van der Waals surface area contributed by atoms with Gasteiger partial charge in [-0.1, -0.05) is 85.2 Å². The van der Waals surface area contributed by atoms with E-state index in [4.69, 9.17) is 23.9 Å². The summed E-state index contributed by atoms with van der Waals surface area (Å²) in [5, 5.41) is 1.96. The van der Waals surface area contributed by atoms with E-state index in [2.05, 4.69) is 0 Å². The molecule has 5 fully saturated rings. The van der Waals surface area contributed by atoms with Crippen molar-refractivity contribution in [1.82, 2.24) is 29.7 Å². The van der Waals surface area contributed by atoms with E-state index in [0.717, 1.165) is 18.4 Å². The van der Waals surface area contributed by atoms with Crippen molar-refractivity contribution in [2.24, 2.45) is 35.0 Å². The largest absolute Gasteiger partial charge is 0.462 e. The van der Waals surface area contributed by atoms with E-state index < -0.39 is 65.4 Å². The molecule has 4 aliphatic heterocycles. The first-order valence-corrected chi connectivity index (χ1v) is 31.4. The van der Waals surface area contributed by atoms with Gasteiger partial charge >= 0.3 is 11.9 Å². The summed E-state index contributed by atoms with van der Waals surface area (Å²) in [6, 6.07) is 8.40. The molecule has 474 valence electrons. The van der Waals surface area contributed by atoms with Crippen molar-refractivity contribution >= 4 is 58.9 Å². The highest BCUT2D eigenvalue weighted by Gasteiger charge is 2.63. The van der Waals surface area contributed by atoms with Crippen molar-refractivity contribution < 1.29 is 71.8 Å². The number of imide groups is 1. The van der Waals surface area contributed by atoms with Crippen LogP contribution in [0.25, 0.3) is 0 Å². The molecule has 1 saturated carbocycles. The fourth-order valence-electron chi connectivity index (χ4n) is 13.5. The molecule has 1 aliphatic carbocycles. The second-order valence-electron chi connectivity index (χ2n) is 25.3. The highest BCUT2D eigenvalue weighted by molar-refractivity contribution is 6.01. The lowest BCUT2D eigenvalue weighted by Crippen LogP contribution is -2.54. The number of carbonyl (C=O) groups is 10. The number of hydrogen-bond donors (Lipinski definition) is 0. The van der Waals surface area contributed by atoms with Gasteiger partial charge in [0.15, 0.2) is 5.78 Å². The van der Waals surface area contributed by atoms with E-state index in [-0.39, 0.29) is 129 Å². The second-order valence-corrected chi connectivity index (χ2v) is 25.3. The normalized spacial score (nSPS) is 22.7. The number of likely N-dealkylation sites (tertiary alicyclic amines) is 2. The van der Waals surface area contributed by atoms with Crippen LogP contribution in [-0.4, -0.2) is 193 Å². The zero-order chi connectivity index (χ0) is 62.3. The SMILES string of the molecule is CC[C@H](C)[C@@H]([C@@H](CC(=O)N1CCC[C@H]1[C@H](OC)[C@@H](C)C(=O)C[C@@]1(C(=O)N2CCCCO2)C[C@@H]1c1ccccc1)OC)N(C)C(=O)[C@@H](CC(=O)[C@H](C(C)C)N(C)CCCC(=O)OC1CCN(C(=O)CCCC(=O)ON2C(=O)CCC2=O)CC1)C(C)C. The van der Waals surface area contributed by atoms with Crippen LogP contribution in [0.1, 0.15) is 176 Å². The molecule has 1 aromatic rings. The van der Waals surface area contributed by atoms with E-state index >= 15 is 0 Å². The minimum Gasteiger partial charge on any atom is -0.462 e. The Labute approximate surface area is 503 Å². The fourth-order valence-corrected chi connectivity index (χ4v) is 13.5. The van der Waals surface area contributed by atoms with Crippen molar-refractivity contribution in [3.05, 3.63) is 35.9 Å². The monoisotopic (exact) mass is 1190 g/mol. The Morgan fingerprint density at radius 2 is 1.41 bits per heavy atom. The number of Topliss-reactive ketones (excluding diaryl/α,β-unsaturated/α-hetero) is 2. The molecule has 1 aromatic carbocycles. The van der Waals surface area contributed by atoms with Crippen LogP contribution < -0.4 is 0 Å². The third-order valence-electron chi connectivity index (χ3n) is 18.7. The zero-order valence-corrected chi connectivity index (χ0v) is 52.6. The number of amides is 6. The topological polar surface area (TPSA) is 236 Å². The van der Waals surface area contributed by atoms with Crippen LogP contribution in [0, 0.1) is 35.0 Å². The predicted molar refractivity (Wildman–Crippen MR) is 314 cm³/mol. The summed E-state index contributed by atoms with van der Waals surface area (Å²) in [6.45, 7) is 16.4.